The van der Waals surface area contributed by atoms with Crippen LogP contribution in [0.15, 0.2) is 70.5 Å². The van der Waals surface area contributed by atoms with Crippen LogP contribution < -0.4 is 21.2 Å². The van der Waals surface area contributed by atoms with Gasteiger partial charge in [0.1, 0.15) is 12.3 Å². The minimum atomic E-state index is -0.787. The summed E-state index contributed by atoms with van der Waals surface area (Å²) in [4.78, 5) is 37.2. The molecule has 1 aromatic heterocycles. The molecule has 144 valence electrons. The van der Waals surface area contributed by atoms with E-state index in [0.717, 1.165) is 16.6 Å². The van der Waals surface area contributed by atoms with E-state index < -0.39 is 11.1 Å². The molecule has 3 rings (SSSR count). The van der Waals surface area contributed by atoms with Gasteiger partial charge in [-0.15, -0.1) is 0 Å². The van der Waals surface area contributed by atoms with Gasteiger partial charge in [0.25, 0.3) is 0 Å². The van der Waals surface area contributed by atoms with E-state index in [4.69, 9.17) is 4.74 Å². The summed E-state index contributed by atoms with van der Waals surface area (Å²) in [7, 11) is 1.49. The molecule has 0 atom stereocenters. The van der Waals surface area contributed by atoms with Gasteiger partial charge < -0.3 is 10.1 Å². The van der Waals surface area contributed by atoms with Crippen LogP contribution in [0.5, 0.6) is 5.75 Å². The fourth-order valence-corrected chi connectivity index (χ4v) is 2.83. The summed E-state index contributed by atoms with van der Waals surface area (Å²) in [5, 5.41) is 2.73. The second kappa shape index (κ2) is 8.39. The summed E-state index contributed by atoms with van der Waals surface area (Å²) < 4.78 is 7.53. The first kappa shape index (κ1) is 19.2. The molecular weight excluding hydrogens is 358 g/mol. The summed E-state index contributed by atoms with van der Waals surface area (Å²) in [5.74, 6) is 0.0795. The average molecular weight is 379 g/mol. The number of hydrogen-bond acceptors (Lipinski definition) is 4. The quantitative estimate of drug-likeness (QED) is 0.666. The Balaban J connectivity index is 1.82. The Bertz CT molecular complexity index is 1100. The highest BCUT2D eigenvalue weighted by molar-refractivity contribution is 5.90. The van der Waals surface area contributed by atoms with Crippen LogP contribution >= 0.6 is 0 Å². The Kier molecular flexibility index (Phi) is 5.74. The minimum absolute atomic E-state index is 0.254. The number of carbonyl (C=O) groups excluding carboxylic acids is 1. The van der Waals surface area contributed by atoms with Crippen molar-refractivity contribution >= 4 is 11.6 Å². The number of carbonyl (C=O) groups is 1. The zero-order valence-corrected chi connectivity index (χ0v) is 15.7. The van der Waals surface area contributed by atoms with Gasteiger partial charge in [0.2, 0.25) is 5.91 Å². The van der Waals surface area contributed by atoms with E-state index in [-0.39, 0.29) is 12.5 Å². The highest BCUT2D eigenvalue weighted by Crippen LogP contribution is 2.19. The molecule has 1 amide bonds. The van der Waals surface area contributed by atoms with Crippen molar-refractivity contribution in [1.29, 1.82) is 0 Å². The first-order valence-electron chi connectivity index (χ1n) is 8.87. The molecule has 7 heteroatoms. The summed E-state index contributed by atoms with van der Waals surface area (Å²) >= 11 is 0. The molecule has 0 saturated heterocycles. The molecule has 1 heterocycles. The Morgan fingerprint density at radius 2 is 1.71 bits per heavy atom. The SMILES string of the molecule is CCc1ccc(NC(=O)Cn2ccn(-c3ccccc3OC)c(=O)c2=O)cc1. The molecule has 0 unspecified atom stereocenters. The lowest BCUT2D eigenvalue weighted by molar-refractivity contribution is -0.116. The van der Waals surface area contributed by atoms with Crippen LogP contribution in [0.25, 0.3) is 5.69 Å². The van der Waals surface area contributed by atoms with Crippen molar-refractivity contribution in [3.63, 3.8) is 0 Å². The highest BCUT2D eigenvalue weighted by atomic mass is 16.5. The number of nitrogens with one attached hydrogen (secondary N) is 1. The summed E-state index contributed by atoms with van der Waals surface area (Å²) in [6.07, 6.45) is 3.77. The van der Waals surface area contributed by atoms with Gasteiger partial charge in [-0.2, -0.15) is 0 Å². The van der Waals surface area contributed by atoms with Crippen LogP contribution in [0.3, 0.4) is 0 Å². The second-order valence-corrected chi connectivity index (χ2v) is 6.18. The number of hydrogen-bond donors (Lipinski definition) is 1. The van der Waals surface area contributed by atoms with Crippen molar-refractivity contribution in [2.24, 2.45) is 0 Å². The fourth-order valence-electron chi connectivity index (χ4n) is 2.83. The predicted octanol–water partition coefficient (Wildman–Crippen LogP) is 2.21. The normalized spacial score (nSPS) is 10.5. The molecule has 3 aromatic rings. The minimum Gasteiger partial charge on any atom is -0.495 e. The van der Waals surface area contributed by atoms with E-state index in [1.165, 1.54) is 24.1 Å². The van der Waals surface area contributed by atoms with Gasteiger partial charge in [0.05, 0.1) is 12.8 Å². The topological polar surface area (TPSA) is 82.3 Å². The third kappa shape index (κ3) is 4.03. The van der Waals surface area contributed by atoms with Crippen LogP contribution in [0.1, 0.15) is 12.5 Å². The zero-order valence-electron chi connectivity index (χ0n) is 15.7. The maximum Gasteiger partial charge on any atom is 0.321 e. The maximum atomic E-state index is 12.5. The molecule has 0 aliphatic carbocycles. The number of nitrogens with zero attached hydrogens (tertiary/aromatic N) is 2. The van der Waals surface area contributed by atoms with Crippen molar-refractivity contribution in [3.05, 3.63) is 87.2 Å². The third-order valence-corrected chi connectivity index (χ3v) is 4.36. The molecule has 28 heavy (non-hydrogen) atoms. The van der Waals surface area contributed by atoms with Gasteiger partial charge in [-0.05, 0) is 36.2 Å². The van der Waals surface area contributed by atoms with Crippen molar-refractivity contribution in [2.45, 2.75) is 19.9 Å². The van der Waals surface area contributed by atoms with Crippen LogP contribution in [0, 0.1) is 0 Å². The van der Waals surface area contributed by atoms with Crippen molar-refractivity contribution < 1.29 is 9.53 Å². The molecule has 7 nitrogen and oxygen atoms in total. The number of benzene rings is 2. The van der Waals surface area contributed by atoms with Gasteiger partial charge in [0.15, 0.2) is 0 Å². The summed E-state index contributed by atoms with van der Waals surface area (Å²) in [6, 6.07) is 14.4. The Hall–Kier alpha value is -3.61. The molecule has 0 bridgehead atoms. The van der Waals surface area contributed by atoms with E-state index in [0.29, 0.717) is 17.1 Å². The van der Waals surface area contributed by atoms with Gasteiger partial charge in [0, 0.05) is 18.1 Å². The molecule has 0 aliphatic rings. The summed E-state index contributed by atoms with van der Waals surface area (Å²) in [5.41, 5.74) is 0.712. The van der Waals surface area contributed by atoms with Crippen LogP contribution in [-0.4, -0.2) is 22.2 Å². The predicted molar refractivity (Wildman–Crippen MR) is 107 cm³/mol. The van der Waals surface area contributed by atoms with Crippen molar-refractivity contribution in [2.75, 3.05) is 12.4 Å². The van der Waals surface area contributed by atoms with Crippen molar-refractivity contribution in [1.82, 2.24) is 9.13 Å². The number of amides is 1. The van der Waals surface area contributed by atoms with Gasteiger partial charge in [-0.3, -0.25) is 23.5 Å². The number of rotatable bonds is 6. The van der Waals surface area contributed by atoms with E-state index in [9.17, 15) is 14.4 Å². The van der Waals surface area contributed by atoms with Crippen LogP contribution in [-0.2, 0) is 17.8 Å². The Morgan fingerprint density at radius 3 is 2.39 bits per heavy atom. The van der Waals surface area contributed by atoms with Crippen LogP contribution in [0.2, 0.25) is 0 Å². The van der Waals surface area contributed by atoms with Gasteiger partial charge in [-0.25, -0.2) is 0 Å². The number of ether oxygens (including phenoxy) is 1. The van der Waals surface area contributed by atoms with E-state index in [2.05, 4.69) is 5.32 Å². The molecule has 0 saturated carbocycles. The maximum absolute atomic E-state index is 12.5. The largest absolute Gasteiger partial charge is 0.495 e. The lowest BCUT2D eigenvalue weighted by Gasteiger charge is -2.12. The van der Waals surface area contributed by atoms with Gasteiger partial charge >= 0.3 is 11.1 Å². The molecular formula is C21H21N3O4. The van der Waals surface area contributed by atoms with Crippen molar-refractivity contribution in [3.8, 4) is 11.4 Å². The zero-order chi connectivity index (χ0) is 20.1. The first-order valence-corrected chi connectivity index (χ1v) is 8.87. The monoisotopic (exact) mass is 379 g/mol. The lowest BCUT2D eigenvalue weighted by atomic mass is 10.1. The third-order valence-electron chi connectivity index (χ3n) is 4.36. The van der Waals surface area contributed by atoms with E-state index in [1.54, 1.807) is 36.4 Å². The molecule has 0 spiro atoms. The average Bonchev–Trinajstić information content (AvgIpc) is 2.72. The van der Waals surface area contributed by atoms with Gasteiger partial charge in [-0.1, -0.05) is 31.2 Å². The lowest BCUT2D eigenvalue weighted by Crippen LogP contribution is -2.41. The van der Waals surface area contributed by atoms with E-state index >= 15 is 0 Å². The molecule has 0 radical (unpaired) electrons. The summed E-state index contributed by atoms with van der Waals surface area (Å²) in [6.45, 7) is 1.80. The number of aromatic nitrogens is 2. The first-order chi connectivity index (χ1) is 13.5. The standard InChI is InChI=1S/C21H21N3O4/c1-3-15-8-10-16(11-9-15)22-19(25)14-23-12-13-24(21(27)20(23)26)17-6-4-5-7-18(17)28-2/h4-13H,3,14H2,1-2H3,(H,22,25). The molecule has 1 N–H and O–H groups in total. The second-order valence-electron chi connectivity index (χ2n) is 6.18. The smallest absolute Gasteiger partial charge is 0.321 e. The van der Waals surface area contributed by atoms with E-state index in [1.807, 2.05) is 19.1 Å². The number of anilines is 1. The number of methoxy groups -OCH3 is 1. The fraction of sp³-hybridized carbons (Fsp3) is 0.190. The highest BCUT2D eigenvalue weighted by Gasteiger charge is 2.12. The Morgan fingerprint density at radius 1 is 1.00 bits per heavy atom. The molecule has 0 fully saturated rings. The number of aryl methyl sites for hydroxylation is 1. The molecule has 2 aromatic carbocycles. The Labute approximate surface area is 161 Å². The van der Waals surface area contributed by atoms with Crippen LogP contribution in [0.4, 0.5) is 5.69 Å². The molecule has 0 aliphatic heterocycles. The number of para-hydroxylation sites is 2.